The highest BCUT2D eigenvalue weighted by Crippen LogP contribution is 2.35. The minimum Gasteiger partial charge on any atom is -0.444 e. The first-order valence-corrected chi connectivity index (χ1v) is 14.5. The summed E-state index contributed by atoms with van der Waals surface area (Å²) in [5, 5.41) is 5.90. The highest BCUT2D eigenvalue weighted by molar-refractivity contribution is 5.93. The number of rotatable bonds is 11. The van der Waals surface area contributed by atoms with Crippen molar-refractivity contribution in [3.63, 3.8) is 0 Å². The van der Waals surface area contributed by atoms with Gasteiger partial charge >= 0.3 is 6.09 Å². The predicted molar refractivity (Wildman–Crippen MR) is 156 cm³/mol. The first-order valence-electron chi connectivity index (χ1n) is 14.5. The zero-order valence-corrected chi connectivity index (χ0v) is 25.7. The minimum atomic E-state index is -1.12. The molecule has 9 heteroatoms. The van der Waals surface area contributed by atoms with Crippen molar-refractivity contribution in [3.05, 3.63) is 34.9 Å². The normalized spacial score (nSPS) is 16.0. The summed E-state index contributed by atoms with van der Waals surface area (Å²) in [5.74, 6) is -1.31. The molecule has 1 saturated carbocycles. The molecule has 1 aromatic rings. The average Bonchev–Trinajstić information content (AvgIpc) is 2.85. The lowest BCUT2D eigenvalue weighted by Crippen LogP contribution is -2.60. The summed E-state index contributed by atoms with van der Waals surface area (Å²) in [7, 11) is 0. The molecule has 2 atom stereocenters. The minimum absolute atomic E-state index is 0.0204. The largest absolute Gasteiger partial charge is 0.444 e. The van der Waals surface area contributed by atoms with E-state index in [1.807, 2.05) is 52.8 Å². The number of nitrogens with one attached hydrogen (secondary N) is 2. The summed E-state index contributed by atoms with van der Waals surface area (Å²) in [6.45, 7) is 14.9. The van der Waals surface area contributed by atoms with Crippen molar-refractivity contribution in [1.82, 2.24) is 15.5 Å². The summed E-state index contributed by atoms with van der Waals surface area (Å²) < 4.78 is 5.43. The molecule has 224 valence electrons. The zero-order valence-electron chi connectivity index (χ0n) is 25.7. The maximum absolute atomic E-state index is 14.5. The van der Waals surface area contributed by atoms with Gasteiger partial charge in [-0.1, -0.05) is 49.9 Å². The molecule has 2 unspecified atom stereocenters. The van der Waals surface area contributed by atoms with E-state index in [0.29, 0.717) is 6.42 Å². The van der Waals surface area contributed by atoms with Crippen LogP contribution in [-0.4, -0.2) is 51.9 Å². The van der Waals surface area contributed by atoms with Crippen molar-refractivity contribution >= 4 is 23.8 Å². The topological polar surface area (TPSA) is 131 Å². The van der Waals surface area contributed by atoms with Crippen molar-refractivity contribution in [1.29, 1.82) is 0 Å². The van der Waals surface area contributed by atoms with Gasteiger partial charge in [0.05, 0.1) is 0 Å². The number of hydrogen-bond acceptors (Lipinski definition) is 5. The van der Waals surface area contributed by atoms with Gasteiger partial charge in [0.15, 0.2) is 0 Å². The third kappa shape index (κ3) is 9.52. The predicted octanol–water partition coefficient (Wildman–Crippen LogP) is 4.97. The monoisotopic (exact) mass is 558 g/mol. The summed E-state index contributed by atoms with van der Waals surface area (Å²) >= 11 is 0. The smallest absolute Gasteiger partial charge is 0.408 e. The van der Waals surface area contributed by atoms with Gasteiger partial charge in [0.1, 0.15) is 17.7 Å². The Kier molecular flexibility index (Phi) is 11.6. The van der Waals surface area contributed by atoms with E-state index in [4.69, 9.17) is 10.5 Å². The number of benzene rings is 1. The van der Waals surface area contributed by atoms with Crippen molar-refractivity contribution < 1.29 is 23.9 Å². The Bertz CT molecular complexity index is 1060. The van der Waals surface area contributed by atoms with Gasteiger partial charge in [0.25, 0.3) is 0 Å². The van der Waals surface area contributed by atoms with E-state index in [0.717, 1.165) is 48.8 Å². The number of ether oxygens (including phenoxy) is 1. The molecule has 4 amide bonds. The number of carbonyl (C=O) groups excluding carboxylic acids is 4. The second-order valence-corrected chi connectivity index (χ2v) is 12.7. The van der Waals surface area contributed by atoms with E-state index in [9.17, 15) is 19.2 Å². The summed E-state index contributed by atoms with van der Waals surface area (Å²) in [6.07, 6.45) is 4.69. The van der Waals surface area contributed by atoms with Gasteiger partial charge in [-0.25, -0.2) is 4.79 Å². The van der Waals surface area contributed by atoms with Crippen LogP contribution in [0.5, 0.6) is 0 Å². The molecule has 1 fully saturated rings. The molecule has 1 aliphatic rings. The third-order valence-corrected chi connectivity index (χ3v) is 7.61. The first kappa shape index (κ1) is 33.1. The van der Waals surface area contributed by atoms with Crippen LogP contribution in [0.3, 0.4) is 0 Å². The Balaban J connectivity index is 2.63. The van der Waals surface area contributed by atoms with Gasteiger partial charge in [0, 0.05) is 18.0 Å². The second-order valence-electron chi connectivity index (χ2n) is 12.7. The Labute approximate surface area is 240 Å². The highest BCUT2D eigenvalue weighted by atomic mass is 16.6. The van der Waals surface area contributed by atoms with E-state index in [1.165, 1.54) is 0 Å². The quantitative estimate of drug-likeness (QED) is 0.353. The fraction of sp³-hybridized carbons (Fsp3) is 0.677. The first-order chi connectivity index (χ1) is 18.6. The maximum atomic E-state index is 14.5. The van der Waals surface area contributed by atoms with Crippen LogP contribution in [0, 0.1) is 13.8 Å². The van der Waals surface area contributed by atoms with E-state index < -0.39 is 41.1 Å². The van der Waals surface area contributed by atoms with Crippen LogP contribution >= 0.6 is 0 Å². The molecule has 0 aliphatic heterocycles. The molecule has 0 heterocycles. The molecule has 9 nitrogen and oxygen atoms in total. The fourth-order valence-corrected chi connectivity index (χ4v) is 5.09. The van der Waals surface area contributed by atoms with Crippen molar-refractivity contribution in [3.8, 4) is 0 Å². The number of primary amides is 1. The van der Waals surface area contributed by atoms with Crippen LogP contribution < -0.4 is 16.4 Å². The van der Waals surface area contributed by atoms with Gasteiger partial charge in [0.2, 0.25) is 17.7 Å². The number of hydrogen-bond donors (Lipinski definition) is 3. The van der Waals surface area contributed by atoms with Crippen LogP contribution in [0.1, 0.15) is 116 Å². The van der Waals surface area contributed by atoms with Crippen LogP contribution in [0.2, 0.25) is 0 Å². The van der Waals surface area contributed by atoms with Gasteiger partial charge in [-0.15, -0.1) is 0 Å². The highest BCUT2D eigenvalue weighted by Gasteiger charge is 2.44. The summed E-state index contributed by atoms with van der Waals surface area (Å²) in [4.78, 5) is 54.8. The molecule has 40 heavy (non-hydrogen) atoms. The number of aryl methyl sites for hydroxylation is 2. The van der Waals surface area contributed by atoms with Gasteiger partial charge in [-0.05, 0) is 85.3 Å². The molecule has 0 saturated heterocycles. The Morgan fingerprint density at radius 1 is 1.05 bits per heavy atom. The van der Waals surface area contributed by atoms with Gasteiger partial charge < -0.3 is 26.0 Å². The average molecular weight is 559 g/mol. The van der Waals surface area contributed by atoms with Crippen LogP contribution in [-0.2, 0) is 19.1 Å². The standard InChI is InChI=1S/C31H50N4O5/c1-9-31(7,8)35(28(38)24(17-18-25(32)36)34-29(39)40-30(4,5)6)26(23-19-20(2)15-16-21(23)3)27(37)33-22-13-11-10-12-14-22/h15-16,19,22,24,26H,9-14,17-18H2,1-8H3,(H2,32,36)(H,33,37)(H,34,39). The Morgan fingerprint density at radius 2 is 1.68 bits per heavy atom. The van der Waals surface area contributed by atoms with E-state index in [1.54, 1.807) is 25.7 Å². The zero-order chi connectivity index (χ0) is 30.3. The lowest BCUT2D eigenvalue weighted by atomic mass is 9.88. The Morgan fingerprint density at radius 3 is 2.23 bits per heavy atom. The maximum Gasteiger partial charge on any atom is 0.408 e. The number of carbonyl (C=O) groups is 4. The van der Waals surface area contributed by atoms with Crippen LogP contribution in [0.15, 0.2) is 18.2 Å². The summed E-state index contributed by atoms with van der Waals surface area (Å²) in [6, 6.07) is 3.86. The van der Waals surface area contributed by atoms with Crippen molar-refractivity contribution in [2.45, 2.75) is 136 Å². The molecule has 0 radical (unpaired) electrons. The van der Waals surface area contributed by atoms with Gasteiger partial charge in [-0.2, -0.15) is 0 Å². The Hall–Kier alpha value is -3.10. The summed E-state index contributed by atoms with van der Waals surface area (Å²) in [5.41, 5.74) is 6.45. The lowest BCUT2D eigenvalue weighted by Gasteiger charge is -2.45. The number of nitrogens with two attached hydrogens (primary N) is 1. The molecule has 1 aliphatic carbocycles. The molecule has 2 rings (SSSR count). The van der Waals surface area contributed by atoms with Crippen LogP contribution in [0.4, 0.5) is 4.79 Å². The molecule has 0 aromatic heterocycles. The van der Waals surface area contributed by atoms with E-state index in [-0.39, 0.29) is 24.8 Å². The van der Waals surface area contributed by atoms with E-state index >= 15 is 0 Å². The lowest BCUT2D eigenvalue weighted by molar-refractivity contribution is -0.150. The molecule has 1 aromatic carbocycles. The second kappa shape index (κ2) is 14.0. The van der Waals surface area contributed by atoms with Gasteiger partial charge in [-0.3, -0.25) is 14.4 Å². The van der Waals surface area contributed by atoms with Crippen LogP contribution in [0.25, 0.3) is 0 Å². The van der Waals surface area contributed by atoms with Crippen molar-refractivity contribution in [2.75, 3.05) is 0 Å². The van der Waals surface area contributed by atoms with Crippen molar-refractivity contribution in [2.24, 2.45) is 5.73 Å². The number of alkyl carbamates (subject to hydrolysis) is 1. The molecule has 0 bridgehead atoms. The van der Waals surface area contributed by atoms with E-state index in [2.05, 4.69) is 10.6 Å². The molecule has 4 N–H and O–H groups in total. The SMILES string of the molecule is CCC(C)(C)N(C(=O)C(CCC(N)=O)NC(=O)OC(C)(C)C)C(C(=O)NC1CCCCC1)c1cc(C)ccc1C. The number of amides is 4. The molecular formula is C31H50N4O5. The molecule has 0 spiro atoms. The molecular weight excluding hydrogens is 508 g/mol. The fourth-order valence-electron chi connectivity index (χ4n) is 5.09. The third-order valence-electron chi connectivity index (χ3n) is 7.61. The number of nitrogens with zero attached hydrogens (tertiary/aromatic N) is 1.